The van der Waals surface area contributed by atoms with E-state index < -0.39 is 0 Å². The molecule has 3 nitrogen and oxygen atoms in total. The summed E-state index contributed by atoms with van der Waals surface area (Å²) in [5.74, 6) is -0.138. The van der Waals surface area contributed by atoms with Gasteiger partial charge in [0.05, 0.1) is 0 Å². The third-order valence-corrected chi connectivity index (χ3v) is 4.08. The quantitative estimate of drug-likeness (QED) is 0.665. The van der Waals surface area contributed by atoms with Gasteiger partial charge in [-0.15, -0.1) is 0 Å². The molecule has 0 aliphatic carbocycles. The molecule has 118 valence electrons. The van der Waals surface area contributed by atoms with Gasteiger partial charge in [-0.25, -0.2) is 0 Å². The van der Waals surface area contributed by atoms with Crippen molar-refractivity contribution in [3.05, 3.63) is 71.9 Å². The largest absolute Gasteiger partial charge is 0.458 e. The second-order valence-electron chi connectivity index (χ2n) is 5.76. The fourth-order valence-corrected chi connectivity index (χ4v) is 2.81. The van der Waals surface area contributed by atoms with E-state index in [9.17, 15) is 4.79 Å². The number of rotatable bonds is 6. The fourth-order valence-electron chi connectivity index (χ4n) is 2.81. The molecule has 0 amide bonds. The number of aromatic nitrogens is 1. The molecule has 2 aromatic carbocycles. The van der Waals surface area contributed by atoms with Gasteiger partial charge in [0, 0.05) is 23.5 Å². The van der Waals surface area contributed by atoms with Gasteiger partial charge in [0.2, 0.25) is 0 Å². The lowest BCUT2D eigenvalue weighted by Crippen LogP contribution is -2.08. The average molecular weight is 307 g/mol. The molecule has 0 radical (unpaired) electrons. The number of fused-ring (bicyclic) bond motifs is 1. The monoisotopic (exact) mass is 307 g/mol. The third-order valence-electron chi connectivity index (χ3n) is 4.08. The van der Waals surface area contributed by atoms with Gasteiger partial charge in [0.1, 0.15) is 6.10 Å². The van der Waals surface area contributed by atoms with Crippen LogP contribution in [0.25, 0.3) is 10.9 Å². The minimum absolute atomic E-state index is 0.138. The molecule has 1 aromatic heterocycles. The normalized spacial score (nSPS) is 12.2. The van der Waals surface area contributed by atoms with Crippen LogP contribution in [0.4, 0.5) is 0 Å². The predicted octanol–water partition coefficient (Wildman–Crippen LogP) is 4.80. The number of para-hydroxylation sites is 1. The number of esters is 1. The molecule has 23 heavy (non-hydrogen) atoms. The Balaban J connectivity index is 1.50. The lowest BCUT2D eigenvalue weighted by atomic mass is 10.1. The predicted molar refractivity (Wildman–Crippen MR) is 92.2 cm³/mol. The van der Waals surface area contributed by atoms with Gasteiger partial charge in [-0.3, -0.25) is 4.79 Å². The minimum atomic E-state index is -0.197. The zero-order valence-corrected chi connectivity index (χ0v) is 13.3. The SMILES string of the molecule is C[C@@H](OC(=O)CCCc1c[nH]c2ccccc12)c1ccccc1. The number of hydrogen-bond donors (Lipinski definition) is 1. The van der Waals surface area contributed by atoms with Crippen molar-refractivity contribution in [1.82, 2.24) is 4.98 Å². The summed E-state index contributed by atoms with van der Waals surface area (Å²) in [6.07, 6.45) is 3.94. The average Bonchev–Trinajstić information content (AvgIpc) is 2.99. The summed E-state index contributed by atoms with van der Waals surface area (Å²) < 4.78 is 5.50. The Kier molecular flexibility index (Phi) is 4.77. The Labute approximate surface area is 136 Å². The molecule has 1 heterocycles. The number of ether oxygens (including phenoxy) is 1. The first-order valence-corrected chi connectivity index (χ1v) is 8.03. The summed E-state index contributed by atoms with van der Waals surface area (Å²) >= 11 is 0. The van der Waals surface area contributed by atoms with E-state index in [-0.39, 0.29) is 12.1 Å². The number of carbonyl (C=O) groups is 1. The summed E-state index contributed by atoms with van der Waals surface area (Å²) in [4.78, 5) is 15.3. The van der Waals surface area contributed by atoms with E-state index in [1.165, 1.54) is 10.9 Å². The van der Waals surface area contributed by atoms with Crippen molar-refractivity contribution in [2.45, 2.75) is 32.3 Å². The number of carbonyl (C=O) groups excluding carboxylic acids is 1. The van der Waals surface area contributed by atoms with Gasteiger partial charge in [-0.2, -0.15) is 0 Å². The zero-order valence-electron chi connectivity index (χ0n) is 13.3. The third kappa shape index (κ3) is 3.81. The van der Waals surface area contributed by atoms with Crippen LogP contribution in [0.1, 0.15) is 37.0 Å². The van der Waals surface area contributed by atoms with E-state index in [0.717, 1.165) is 23.9 Å². The maximum Gasteiger partial charge on any atom is 0.306 e. The molecule has 3 aromatic rings. The van der Waals surface area contributed by atoms with Crippen LogP contribution in [0.15, 0.2) is 60.8 Å². The van der Waals surface area contributed by atoms with E-state index in [1.54, 1.807) is 0 Å². The molecule has 3 heteroatoms. The summed E-state index contributed by atoms with van der Waals surface area (Å²) in [5, 5.41) is 1.23. The smallest absolute Gasteiger partial charge is 0.306 e. The highest BCUT2D eigenvalue weighted by atomic mass is 16.5. The van der Waals surface area contributed by atoms with E-state index in [4.69, 9.17) is 4.74 Å². The van der Waals surface area contributed by atoms with E-state index in [0.29, 0.717) is 6.42 Å². The van der Waals surface area contributed by atoms with Gasteiger partial charge in [0.25, 0.3) is 0 Å². The fraction of sp³-hybridized carbons (Fsp3) is 0.250. The van der Waals surface area contributed by atoms with Crippen molar-refractivity contribution < 1.29 is 9.53 Å². The molecule has 1 N–H and O–H groups in total. The van der Waals surface area contributed by atoms with Crippen molar-refractivity contribution >= 4 is 16.9 Å². The van der Waals surface area contributed by atoms with Crippen molar-refractivity contribution in [3.8, 4) is 0 Å². The van der Waals surface area contributed by atoms with Crippen LogP contribution in [0, 0.1) is 0 Å². The number of H-pyrrole nitrogens is 1. The van der Waals surface area contributed by atoms with Crippen LogP contribution in [0.2, 0.25) is 0 Å². The first-order valence-electron chi connectivity index (χ1n) is 8.03. The summed E-state index contributed by atoms with van der Waals surface area (Å²) in [6.45, 7) is 1.91. The van der Waals surface area contributed by atoms with Crippen molar-refractivity contribution in [2.24, 2.45) is 0 Å². The molecule has 1 atom stereocenters. The number of hydrogen-bond acceptors (Lipinski definition) is 2. The lowest BCUT2D eigenvalue weighted by Gasteiger charge is -2.13. The van der Waals surface area contributed by atoms with Crippen LogP contribution in [0.5, 0.6) is 0 Å². The van der Waals surface area contributed by atoms with E-state index in [1.807, 2.05) is 55.6 Å². The molecule has 0 aliphatic heterocycles. The molecule has 0 spiro atoms. The summed E-state index contributed by atoms with van der Waals surface area (Å²) in [5.41, 5.74) is 3.42. The van der Waals surface area contributed by atoms with E-state index in [2.05, 4.69) is 17.1 Å². The van der Waals surface area contributed by atoms with Gasteiger partial charge in [-0.05, 0) is 37.0 Å². The summed E-state index contributed by atoms with van der Waals surface area (Å²) in [6, 6.07) is 18.0. The highest BCUT2D eigenvalue weighted by molar-refractivity contribution is 5.83. The molecule has 0 fully saturated rings. The highest BCUT2D eigenvalue weighted by Gasteiger charge is 2.11. The van der Waals surface area contributed by atoms with Crippen LogP contribution in [-0.4, -0.2) is 11.0 Å². The van der Waals surface area contributed by atoms with Crippen LogP contribution in [-0.2, 0) is 16.0 Å². The Morgan fingerprint density at radius 3 is 2.65 bits per heavy atom. The zero-order chi connectivity index (χ0) is 16.1. The molecule has 0 aliphatic rings. The second kappa shape index (κ2) is 7.14. The number of aryl methyl sites for hydroxylation is 1. The first-order chi connectivity index (χ1) is 11.2. The van der Waals surface area contributed by atoms with Crippen molar-refractivity contribution in [1.29, 1.82) is 0 Å². The maximum atomic E-state index is 12.0. The topological polar surface area (TPSA) is 42.1 Å². The molecular formula is C20H21NO2. The van der Waals surface area contributed by atoms with Crippen LogP contribution in [0.3, 0.4) is 0 Å². The number of aromatic amines is 1. The van der Waals surface area contributed by atoms with Crippen molar-refractivity contribution in [2.75, 3.05) is 0 Å². The molecule has 0 unspecified atom stereocenters. The van der Waals surface area contributed by atoms with E-state index >= 15 is 0 Å². The van der Waals surface area contributed by atoms with Gasteiger partial charge in [-0.1, -0.05) is 48.5 Å². The van der Waals surface area contributed by atoms with Crippen LogP contribution >= 0.6 is 0 Å². The molecule has 3 rings (SSSR count). The Hall–Kier alpha value is -2.55. The lowest BCUT2D eigenvalue weighted by molar-refractivity contribution is -0.148. The minimum Gasteiger partial charge on any atom is -0.458 e. The Morgan fingerprint density at radius 2 is 1.83 bits per heavy atom. The first kappa shape index (κ1) is 15.3. The van der Waals surface area contributed by atoms with Crippen LogP contribution < -0.4 is 0 Å². The van der Waals surface area contributed by atoms with Gasteiger partial charge < -0.3 is 9.72 Å². The maximum absolute atomic E-state index is 12.0. The standard InChI is InChI=1S/C20H21NO2/c1-15(16-8-3-2-4-9-16)23-20(22)13-7-10-17-14-21-19-12-6-5-11-18(17)19/h2-6,8-9,11-12,14-15,21H,7,10,13H2,1H3/t15-/m1/s1. The second-order valence-corrected chi connectivity index (χ2v) is 5.76. The molecule has 0 saturated heterocycles. The highest BCUT2D eigenvalue weighted by Crippen LogP contribution is 2.20. The number of nitrogens with one attached hydrogen (secondary N) is 1. The number of benzene rings is 2. The molecule has 0 saturated carbocycles. The van der Waals surface area contributed by atoms with Gasteiger partial charge in [0.15, 0.2) is 0 Å². The molecule has 0 bridgehead atoms. The Morgan fingerprint density at radius 1 is 1.09 bits per heavy atom. The van der Waals surface area contributed by atoms with Crippen molar-refractivity contribution in [3.63, 3.8) is 0 Å². The van der Waals surface area contributed by atoms with Gasteiger partial charge >= 0.3 is 5.97 Å². The summed E-state index contributed by atoms with van der Waals surface area (Å²) in [7, 11) is 0. The Bertz CT molecular complexity index is 776. The molecular weight excluding hydrogens is 286 g/mol.